The van der Waals surface area contributed by atoms with E-state index in [-0.39, 0.29) is 0 Å². The van der Waals surface area contributed by atoms with Gasteiger partial charge in [0, 0.05) is 25.7 Å². The van der Waals surface area contributed by atoms with Crippen molar-refractivity contribution < 1.29 is 4.42 Å². The second-order valence-electron chi connectivity index (χ2n) is 5.29. The van der Waals surface area contributed by atoms with E-state index >= 15 is 0 Å². The Morgan fingerprint density at radius 1 is 1.47 bits per heavy atom. The molecule has 1 unspecified atom stereocenters. The van der Waals surface area contributed by atoms with Crippen molar-refractivity contribution >= 4 is 6.01 Å². The highest BCUT2D eigenvalue weighted by Crippen LogP contribution is 2.25. The molecule has 4 heteroatoms. The molecule has 1 aromatic heterocycles. The molecule has 1 aliphatic carbocycles. The first-order valence-electron chi connectivity index (χ1n) is 6.78. The lowest BCUT2D eigenvalue weighted by molar-refractivity contribution is 0.532. The third kappa shape index (κ3) is 2.63. The van der Waals surface area contributed by atoms with Crippen LogP contribution >= 0.6 is 0 Å². The smallest absolute Gasteiger partial charge is 0.297 e. The van der Waals surface area contributed by atoms with E-state index < -0.39 is 0 Å². The molecular weight excluding hydrogens is 214 g/mol. The highest BCUT2D eigenvalue weighted by Gasteiger charge is 2.25. The number of rotatable bonds is 5. The van der Waals surface area contributed by atoms with Gasteiger partial charge in [0.25, 0.3) is 6.01 Å². The van der Waals surface area contributed by atoms with E-state index in [1.807, 2.05) is 0 Å². The molecule has 0 amide bonds. The molecule has 1 aromatic rings. The molecule has 2 aliphatic rings. The zero-order chi connectivity index (χ0) is 11.7. The standard InChI is InChI=1S/C13H21N3O/c1-2-10-5-6-16(8-10)13-15-12(9-17-13)7-14-11-3-4-11/h9-11,14H,2-8H2,1H3. The lowest BCUT2D eigenvalue weighted by Gasteiger charge is -2.12. The molecule has 1 atom stereocenters. The van der Waals surface area contributed by atoms with Gasteiger partial charge in [-0.05, 0) is 25.2 Å². The minimum absolute atomic E-state index is 0.728. The van der Waals surface area contributed by atoms with Gasteiger partial charge >= 0.3 is 0 Å². The molecule has 0 bridgehead atoms. The Morgan fingerprint density at radius 3 is 3.06 bits per heavy atom. The van der Waals surface area contributed by atoms with Crippen LogP contribution < -0.4 is 10.2 Å². The van der Waals surface area contributed by atoms with Crippen molar-refractivity contribution in [2.45, 2.75) is 45.2 Å². The third-order valence-corrected chi connectivity index (χ3v) is 3.82. The fraction of sp³-hybridized carbons (Fsp3) is 0.769. The Hall–Kier alpha value is -1.03. The Bertz CT molecular complexity index is 372. The summed E-state index contributed by atoms with van der Waals surface area (Å²) in [5.41, 5.74) is 1.03. The molecule has 1 saturated carbocycles. The van der Waals surface area contributed by atoms with Crippen LogP contribution in [0.5, 0.6) is 0 Å². The minimum atomic E-state index is 0.728. The molecular formula is C13H21N3O. The maximum Gasteiger partial charge on any atom is 0.297 e. The summed E-state index contributed by atoms with van der Waals surface area (Å²) in [6, 6.07) is 1.54. The summed E-state index contributed by atoms with van der Waals surface area (Å²) in [5, 5.41) is 3.46. The first kappa shape index (κ1) is 11.1. The molecule has 1 N–H and O–H groups in total. The van der Waals surface area contributed by atoms with Gasteiger partial charge in [0.1, 0.15) is 6.26 Å². The normalized spacial score (nSPS) is 24.5. The molecule has 2 heterocycles. The average Bonchev–Trinajstić information content (AvgIpc) is 2.89. The van der Waals surface area contributed by atoms with Crippen LogP contribution in [0, 0.1) is 5.92 Å². The molecule has 0 spiro atoms. The van der Waals surface area contributed by atoms with Crippen molar-refractivity contribution in [3.63, 3.8) is 0 Å². The van der Waals surface area contributed by atoms with Crippen molar-refractivity contribution in [3.8, 4) is 0 Å². The highest BCUT2D eigenvalue weighted by molar-refractivity contribution is 5.29. The van der Waals surface area contributed by atoms with Gasteiger partial charge < -0.3 is 14.6 Å². The molecule has 1 aliphatic heterocycles. The van der Waals surface area contributed by atoms with Gasteiger partial charge in [0.05, 0.1) is 5.69 Å². The summed E-state index contributed by atoms with van der Waals surface area (Å²) in [6.45, 7) is 5.30. The Kier molecular flexibility index (Phi) is 3.05. The first-order chi connectivity index (χ1) is 8.35. The van der Waals surface area contributed by atoms with Crippen molar-refractivity contribution in [3.05, 3.63) is 12.0 Å². The van der Waals surface area contributed by atoms with Crippen molar-refractivity contribution in [2.75, 3.05) is 18.0 Å². The van der Waals surface area contributed by atoms with Gasteiger partial charge in [-0.2, -0.15) is 4.98 Å². The fourth-order valence-corrected chi connectivity index (χ4v) is 2.40. The number of nitrogens with one attached hydrogen (secondary N) is 1. The van der Waals surface area contributed by atoms with Gasteiger partial charge in [0.15, 0.2) is 0 Å². The fourth-order valence-electron chi connectivity index (χ4n) is 2.40. The molecule has 2 fully saturated rings. The van der Waals surface area contributed by atoms with Crippen LogP contribution in [0.3, 0.4) is 0 Å². The lowest BCUT2D eigenvalue weighted by Crippen LogP contribution is -2.20. The summed E-state index contributed by atoms with van der Waals surface area (Å²) >= 11 is 0. The van der Waals surface area contributed by atoms with Crippen molar-refractivity contribution in [1.29, 1.82) is 0 Å². The van der Waals surface area contributed by atoms with Gasteiger partial charge in [-0.3, -0.25) is 0 Å². The number of oxazole rings is 1. The zero-order valence-corrected chi connectivity index (χ0v) is 10.5. The van der Waals surface area contributed by atoms with Crippen LogP contribution in [0.1, 0.15) is 38.3 Å². The van der Waals surface area contributed by atoms with E-state index in [1.54, 1.807) is 6.26 Å². The summed E-state index contributed by atoms with van der Waals surface area (Å²) in [5.74, 6) is 0.815. The van der Waals surface area contributed by atoms with E-state index in [2.05, 4.69) is 22.1 Å². The Morgan fingerprint density at radius 2 is 2.35 bits per heavy atom. The van der Waals surface area contributed by atoms with Crippen LogP contribution in [0.4, 0.5) is 6.01 Å². The number of aromatic nitrogens is 1. The highest BCUT2D eigenvalue weighted by atomic mass is 16.4. The quantitative estimate of drug-likeness (QED) is 0.849. The summed E-state index contributed by atoms with van der Waals surface area (Å²) in [7, 11) is 0. The van der Waals surface area contributed by atoms with Crippen molar-refractivity contribution in [2.24, 2.45) is 5.92 Å². The van der Waals surface area contributed by atoms with Gasteiger partial charge in [0.2, 0.25) is 0 Å². The monoisotopic (exact) mass is 235 g/mol. The SMILES string of the molecule is CCC1CCN(c2nc(CNC3CC3)co2)C1. The van der Waals surface area contributed by atoms with Crippen molar-refractivity contribution in [1.82, 2.24) is 10.3 Å². The third-order valence-electron chi connectivity index (χ3n) is 3.82. The molecule has 4 nitrogen and oxygen atoms in total. The first-order valence-corrected chi connectivity index (χ1v) is 6.78. The van der Waals surface area contributed by atoms with E-state index in [9.17, 15) is 0 Å². The molecule has 17 heavy (non-hydrogen) atoms. The molecule has 0 radical (unpaired) electrons. The Balaban J connectivity index is 1.56. The zero-order valence-electron chi connectivity index (χ0n) is 10.5. The second-order valence-corrected chi connectivity index (χ2v) is 5.29. The molecule has 94 valence electrons. The molecule has 1 saturated heterocycles. The maximum absolute atomic E-state index is 5.57. The topological polar surface area (TPSA) is 41.3 Å². The van der Waals surface area contributed by atoms with Crippen LogP contribution in [-0.4, -0.2) is 24.1 Å². The van der Waals surface area contributed by atoms with Crippen LogP contribution in [0.15, 0.2) is 10.7 Å². The molecule has 3 rings (SSSR count). The van der Waals surface area contributed by atoms with Gasteiger partial charge in [-0.25, -0.2) is 0 Å². The summed E-state index contributed by atoms with van der Waals surface area (Å²) in [4.78, 5) is 6.83. The number of anilines is 1. The summed E-state index contributed by atoms with van der Waals surface area (Å²) < 4.78 is 5.57. The van der Waals surface area contributed by atoms with Gasteiger partial charge in [-0.15, -0.1) is 0 Å². The number of hydrogen-bond donors (Lipinski definition) is 1. The summed E-state index contributed by atoms with van der Waals surface area (Å²) in [6.07, 6.45) is 6.95. The predicted molar refractivity (Wildman–Crippen MR) is 67.0 cm³/mol. The largest absolute Gasteiger partial charge is 0.432 e. The van der Waals surface area contributed by atoms with Crippen LogP contribution in [0.25, 0.3) is 0 Å². The average molecular weight is 235 g/mol. The van der Waals surface area contributed by atoms with E-state index in [4.69, 9.17) is 4.42 Å². The number of nitrogens with zero attached hydrogens (tertiary/aromatic N) is 2. The van der Waals surface area contributed by atoms with Gasteiger partial charge in [-0.1, -0.05) is 13.3 Å². The predicted octanol–water partition coefficient (Wildman–Crippen LogP) is 2.16. The van der Waals surface area contributed by atoms with E-state index in [0.29, 0.717) is 0 Å². The molecule has 0 aromatic carbocycles. The van der Waals surface area contributed by atoms with Crippen LogP contribution in [-0.2, 0) is 6.54 Å². The second kappa shape index (κ2) is 4.69. The van der Waals surface area contributed by atoms with Crippen LogP contribution in [0.2, 0.25) is 0 Å². The van der Waals surface area contributed by atoms with E-state index in [0.717, 1.165) is 43.3 Å². The number of hydrogen-bond acceptors (Lipinski definition) is 4. The van der Waals surface area contributed by atoms with E-state index in [1.165, 1.54) is 25.7 Å². The lowest BCUT2D eigenvalue weighted by atomic mass is 10.1. The Labute approximate surface area is 102 Å². The maximum atomic E-state index is 5.57. The minimum Gasteiger partial charge on any atom is -0.432 e.